The zero-order valence-corrected chi connectivity index (χ0v) is 20.0. The van der Waals surface area contributed by atoms with Crippen LogP contribution in [0.2, 0.25) is 0 Å². The van der Waals surface area contributed by atoms with Crippen molar-refractivity contribution in [2.45, 2.75) is 104 Å². The highest BCUT2D eigenvalue weighted by Crippen LogP contribution is 2.21. The van der Waals surface area contributed by atoms with E-state index in [0.717, 1.165) is 12.8 Å². The maximum atomic E-state index is 12.1. The highest BCUT2D eigenvalue weighted by Gasteiger charge is 2.14. The van der Waals surface area contributed by atoms with Crippen LogP contribution in [0.5, 0.6) is 0 Å². The fraction of sp³-hybridized carbons (Fsp3) is 0.615. The van der Waals surface area contributed by atoms with Crippen LogP contribution in [0.25, 0.3) is 5.57 Å². The Kier molecular flexibility index (Phi) is 14.9. The Bertz CT molecular complexity index is 698. The van der Waals surface area contributed by atoms with Gasteiger partial charge in [0, 0.05) is 17.7 Å². The Hall–Kier alpha value is -2.34. The molecule has 0 unspecified atom stereocenters. The number of carboxylic acids is 1. The molecular weight excluding hydrogens is 404 g/mol. The highest BCUT2D eigenvalue weighted by molar-refractivity contribution is 5.94. The van der Waals surface area contributed by atoms with Gasteiger partial charge in [-0.1, -0.05) is 96.1 Å². The number of nitrogens with one attached hydrogen (secondary N) is 1. The number of carbonyl (C=O) groups is 2. The molecule has 1 aromatic rings. The molecule has 4 N–H and O–H groups in total. The van der Waals surface area contributed by atoms with Crippen molar-refractivity contribution in [3.8, 4) is 0 Å². The van der Waals surface area contributed by atoms with Gasteiger partial charge in [0.05, 0.1) is 0 Å². The Morgan fingerprint density at radius 3 is 1.75 bits per heavy atom. The number of allylic oxidation sites excluding steroid dienone is 1. The third-order valence-electron chi connectivity index (χ3n) is 5.76. The van der Waals surface area contributed by atoms with E-state index >= 15 is 0 Å². The molecule has 6 heteroatoms. The summed E-state index contributed by atoms with van der Waals surface area (Å²) in [7, 11) is 0. The van der Waals surface area contributed by atoms with Crippen LogP contribution in [0.15, 0.2) is 30.0 Å². The average Bonchev–Trinajstić information content (AvgIpc) is 2.77. The first kappa shape index (κ1) is 27.7. The molecule has 1 amide bonds. The second kappa shape index (κ2) is 17.2. The maximum absolute atomic E-state index is 12.1. The Balaban J connectivity index is 2.14. The van der Waals surface area contributed by atoms with E-state index in [4.69, 9.17) is 11.0 Å². The minimum Gasteiger partial charge on any atom is -0.475 e. The molecule has 0 atom stereocenters. The molecule has 0 aliphatic heterocycles. The lowest BCUT2D eigenvalue weighted by molar-refractivity contribution is -0.136. The number of amides is 1. The summed E-state index contributed by atoms with van der Waals surface area (Å²) in [6.45, 7) is 3.88. The summed E-state index contributed by atoms with van der Waals surface area (Å²) in [4.78, 5) is 27.7. The van der Waals surface area contributed by atoms with Gasteiger partial charge >= 0.3 is 5.97 Å². The molecule has 6 nitrogen and oxygen atoms in total. The molecule has 32 heavy (non-hydrogen) atoms. The summed E-state index contributed by atoms with van der Waals surface area (Å²) in [5, 5.41) is 12.0. The monoisotopic (exact) mass is 446 g/mol. The minimum absolute atomic E-state index is 0.00426. The van der Waals surface area contributed by atoms with Crippen molar-refractivity contribution in [1.82, 2.24) is 0 Å². The van der Waals surface area contributed by atoms with Crippen LogP contribution in [0.1, 0.15) is 109 Å². The van der Waals surface area contributed by atoms with Gasteiger partial charge in [-0.3, -0.25) is 4.79 Å². The van der Waals surface area contributed by atoms with Crippen molar-refractivity contribution in [2.75, 3.05) is 5.32 Å². The van der Waals surface area contributed by atoms with Crippen LogP contribution in [0, 0.1) is 0 Å². The van der Waals surface area contributed by atoms with Gasteiger partial charge < -0.3 is 15.3 Å². The lowest BCUT2D eigenvalue weighted by Gasteiger charge is -2.09. The van der Waals surface area contributed by atoms with Crippen molar-refractivity contribution in [3.63, 3.8) is 0 Å². The number of anilines is 1. The van der Waals surface area contributed by atoms with Crippen LogP contribution >= 0.6 is 0 Å². The van der Waals surface area contributed by atoms with Crippen LogP contribution in [-0.2, 0) is 14.4 Å². The smallest absolute Gasteiger partial charge is 0.374 e. The summed E-state index contributed by atoms with van der Waals surface area (Å²) in [6, 6.07) is 6.96. The first-order chi connectivity index (χ1) is 15.5. The molecule has 1 rings (SSSR count). The fourth-order valence-electron chi connectivity index (χ4n) is 3.76. The number of carboxylic acid groups (broad SMARTS) is 1. The molecule has 0 aliphatic carbocycles. The molecule has 0 heterocycles. The molecular formula is C26H42N2O4. The molecule has 0 aromatic heterocycles. The van der Waals surface area contributed by atoms with Crippen molar-refractivity contribution in [1.29, 1.82) is 0 Å². The van der Waals surface area contributed by atoms with E-state index in [1.807, 2.05) is 0 Å². The Labute approximate surface area is 193 Å². The van der Waals surface area contributed by atoms with Gasteiger partial charge in [0.2, 0.25) is 11.7 Å². The van der Waals surface area contributed by atoms with Crippen LogP contribution in [-0.4, -0.2) is 17.0 Å². The van der Waals surface area contributed by atoms with Gasteiger partial charge in [-0.2, -0.15) is 5.90 Å². The van der Waals surface area contributed by atoms with Crippen molar-refractivity contribution in [2.24, 2.45) is 5.90 Å². The topological polar surface area (TPSA) is 102 Å². The summed E-state index contributed by atoms with van der Waals surface area (Å²) in [5.41, 5.74) is 1.78. The summed E-state index contributed by atoms with van der Waals surface area (Å²) < 4.78 is 0. The van der Waals surface area contributed by atoms with Crippen LogP contribution in [0.3, 0.4) is 0 Å². The van der Waals surface area contributed by atoms with Crippen LogP contribution in [0.4, 0.5) is 5.69 Å². The molecule has 180 valence electrons. The molecule has 0 saturated heterocycles. The quantitative estimate of drug-likeness (QED) is 0.0994. The van der Waals surface area contributed by atoms with Crippen LogP contribution < -0.4 is 11.2 Å². The predicted octanol–water partition coefficient (Wildman–Crippen LogP) is 6.81. The van der Waals surface area contributed by atoms with Gasteiger partial charge in [-0.15, -0.1) is 0 Å². The lowest BCUT2D eigenvalue weighted by Crippen LogP contribution is -2.12. The SMILES string of the molecule is CCCCCCCCCCCCCCCC(=O)Nc1ccc(/C(C)=C(/ON)C(=O)O)cc1. The van der Waals surface area contributed by atoms with Crippen molar-refractivity contribution < 1.29 is 19.5 Å². The number of hydrogen-bond acceptors (Lipinski definition) is 4. The van der Waals surface area contributed by atoms with E-state index in [1.165, 1.54) is 70.6 Å². The predicted molar refractivity (Wildman–Crippen MR) is 131 cm³/mol. The first-order valence-electron chi connectivity index (χ1n) is 12.2. The molecule has 0 saturated carbocycles. The van der Waals surface area contributed by atoms with E-state index in [1.54, 1.807) is 31.2 Å². The van der Waals surface area contributed by atoms with Gasteiger partial charge in [-0.05, 0) is 31.0 Å². The number of nitrogens with two attached hydrogens (primary N) is 1. The maximum Gasteiger partial charge on any atom is 0.374 e. The lowest BCUT2D eigenvalue weighted by atomic mass is 10.0. The van der Waals surface area contributed by atoms with E-state index < -0.39 is 5.97 Å². The third-order valence-corrected chi connectivity index (χ3v) is 5.76. The fourth-order valence-corrected chi connectivity index (χ4v) is 3.76. The number of unbranched alkanes of at least 4 members (excludes halogenated alkanes) is 12. The number of benzene rings is 1. The van der Waals surface area contributed by atoms with E-state index in [0.29, 0.717) is 23.2 Å². The standard InChI is InChI=1S/C26H42N2O4/c1-3-4-5-6-7-8-9-10-11-12-13-14-15-16-24(29)28-23-19-17-22(18-20-23)21(2)25(32-27)26(30)31/h17-20H,3-16,27H2,1-2H3,(H,28,29)(H,30,31)/b25-21+. The highest BCUT2D eigenvalue weighted by atomic mass is 16.6. The van der Waals surface area contributed by atoms with Gasteiger partial charge in [-0.25, -0.2) is 4.79 Å². The van der Waals surface area contributed by atoms with E-state index in [2.05, 4.69) is 17.1 Å². The zero-order chi connectivity index (χ0) is 23.6. The Morgan fingerprint density at radius 2 is 1.31 bits per heavy atom. The number of hydrogen-bond donors (Lipinski definition) is 3. The number of carbonyl (C=O) groups excluding carboxylic acids is 1. The van der Waals surface area contributed by atoms with Gasteiger partial charge in [0.1, 0.15) is 0 Å². The average molecular weight is 447 g/mol. The zero-order valence-electron chi connectivity index (χ0n) is 20.0. The van der Waals surface area contributed by atoms with Gasteiger partial charge in [0.25, 0.3) is 0 Å². The first-order valence-corrected chi connectivity index (χ1v) is 12.2. The largest absolute Gasteiger partial charge is 0.475 e. The number of aliphatic carboxylic acids is 1. The van der Waals surface area contributed by atoms with E-state index in [9.17, 15) is 9.59 Å². The number of rotatable bonds is 18. The van der Waals surface area contributed by atoms with Crippen molar-refractivity contribution in [3.05, 3.63) is 35.6 Å². The summed E-state index contributed by atoms with van der Waals surface area (Å²) >= 11 is 0. The normalized spacial score (nSPS) is 11.7. The minimum atomic E-state index is -1.22. The second-order valence-electron chi connectivity index (χ2n) is 8.50. The second-order valence-corrected chi connectivity index (χ2v) is 8.50. The molecule has 0 spiro atoms. The molecule has 0 aliphatic rings. The van der Waals surface area contributed by atoms with E-state index in [-0.39, 0.29) is 11.7 Å². The molecule has 0 bridgehead atoms. The van der Waals surface area contributed by atoms with Gasteiger partial charge in [0.15, 0.2) is 0 Å². The third kappa shape index (κ3) is 11.9. The van der Waals surface area contributed by atoms with Crippen molar-refractivity contribution >= 4 is 23.1 Å². The summed E-state index contributed by atoms with van der Waals surface area (Å²) in [5.74, 6) is 3.52. The molecule has 1 aromatic carbocycles. The Morgan fingerprint density at radius 1 is 0.844 bits per heavy atom. The summed E-state index contributed by atoms with van der Waals surface area (Å²) in [6.07, 6.45) is 17.2. The molecule has 0 radical (unpaired) electrons. The molecule has 0 fully saturated rings.